The van der Waals surface area contributed by atoms with Gasteiger partial charge in [0.2, 0.25) is 0 Å². The number of aromatic nitrogens is 2. The first-order valence-electron chi connectivity index (χ1n) is 7.74. The summed E-state index contributed by atoms with van der Waals surface area (Å²) in [5.41, 5.74) is 5.93. The molecule has 0 unspecified atom stereocenters. The molecule has 0 aliphatic rings. The molecular formula is C19H12Cl2N4S. The lowest BCUT2D eigenvalue weighted by molar-refractivity contribution is 1.19. The summed E-state index contributed by atoms with van der Waals surface area (Å²) in [6.45, 7) is 0. The third kappa shape index (κ3) is 3.42. The molecule has 1 N–H and O–H groups in total. The Morgan fingerprint density at radius 2 is 1.81 bits per heavy atom. The zero-order valence-corrected chi connectivity index (χ0v) is 15.7. The summed E-state index contributed by atoms with van der Waals surface area (Å²) in [5, 5.41) is 8.62. The van der Waals surface area contributed by atoms with Gasteiger partial charge in [-0.2, -0.15) is 5.10 Å². The lowest BCUT2D eigenvalue weighted by atomic mass is 10.1. The normalized spacial score (nSPS) is 11.3. The number of halogens is 2. The van der Waals surface area contributed by atoms with Crippen LogP contribution in [0.5, 0.6) is 0 Å². The third-order valence-corrected chi connectivity index (χ3v) is 5.29. The van der Waals surface area contributed by atoms with Crippen molar-refractivity contribution in [2.75, 3.05) is 5.43 Å². The van der Waals surface area contributed by atoms with Gasteiger partial charge in [-0.15, -0.1) is 11.3 Å². The largest absolute Gasteiger partial charge is 0.261 e. The molecule has 0 bridgehead atoms. The van der Waals surface area contributed by atoms with E-state index in [1.54, 1.807) is 17.6 Å². The predicted octanol–water partition coefficient (Wildman–Crippen LogP) is 6.11. The van der Waals surface area contributed by atoms with Gasteiger partial charge in [0.1, 0.15) is 11.2 Å². The molecule has 0 spiro atoms. The van der Waals surface area contributed by atoms with E-state index in [0.717, 1.165) is 26.9 Å². The number of rotatable bonds is 4. The zero-order valence-electron chi connectivity index (χ0n) is 13.4. The number of thiophene rings is 1. The predicted molar refractivity (Wildman–Crippen MR) is 111 cm³/mol. The Kier molecular flexibility index (Phi) is 4.84. The van der Waals surface area contributed by atoms with Crippen LogP contribution in [0.1, 0.15) is 5.56 Å². The van der Waals surface area contributed by atoms with E-state index in [9.17, 15) is 0 Å². The smallest absolute Gasteiger partial charge is 0.159 e. The van der Waals surface area contributed by atoms with Crippen LogP contribution in [0.4, 0.5) is 5.82 Å². The molecule has 0 fully saturated rings. The first-order chi connectivity index (χ1) is 12.7. The molecule has 0 atom stereocenters. The molecule has 0 aliphatic heterocycles. The van der Waals surface area contributed by atoms with Gasteiger partial charge in [0.25, 0.3) is 0 Å². The molecule has 2 heterocycles. The van der Waals surface area contributed by atoms with Gasteiger partial charge in [-0.1, -0.05) is 53.5 Å². The van der Waals surface area contributed by atoms with Crippen molar-refractivity contribution in [1.29, 1.82) is 0 Å². The number of anilines is 1. The zero-order chi connectivity index (χ0) is 17.9. The minimum absolute atomic E-state index is 0.642. The topological polar surface area (TPSA) is 50.2 Å². The maximum atomic E-state index is 6.15. The first-order valence-corrected chi connectivity index (χ1v) is 9.37. The van der Waals surface area contributed by atoms with Gasteiger partial charge in [-0.25, -0.2) is 9.97 Å². The highest BCUT2D eigenvalue weighted by atomic mass is 35.5. The molecule has 0 saturated heterocycles. The maximum Gasteiger partial charge on any atom is 0.159 e. The van der Waals surface area contributed by atoms with Crippen molar-refractivity contribution in [3.8, 4) is 11.1 Å². The molecule has 0 radical (unpaired) electrons. The molecule has 0 saturated carbocycles. The van der Waals surface area contributed by atoms with Crippen molar-refractivity contribution in [3.63, 3.8) is 0 Å². The Morgan fingerprint density at radius 1 is 1.00 bits per heavy atom. The van der Waals surface area contributed by atoms with E-state index in [1.807, 2.05) is 48.5 Å². The van der Waals surface area contributed by atoms with Crippen LogP contribution < -0.4 is 5.43 Å². The Bertz CT molecular complexity index is 1090. The average molecular weight is 399 g/mol. The highest BCUT2D eigenvalue weighted by Crippen LogP contribution is 2.36. The standard InChI is InChI=1S/C19H12Cl2N4S/c20-14-7-5-12(6-8-14)15-10-26-19-17(15)18(22-11-23-19)25-24-9-13-3-1-2-4-16(13)21/h1-11H,(H,22,23,25)/b24-9+. The molecular weight excluding hydrogens is 387 g/mol. The molecule has 2 aromatic carbocycles. The van der Waals surface area contributed by atoms with E-state index in [2.05, 4.69) is 25.9 Å². The van der Waals surface area contributed by atoms with Gasteiger partial charge >= 0.3 is 0 Å². The monoisotopic (exact) mass is 398 g/mol. The summed E-state index contributed by atoms with van der Waals surface area (Å²) in [6.07, 6.45) is 3.20. The Labute approximate surface area is 164 Å². The number of nitrogens with zero attached hydrogens (tertiary/aromatic N) is 3. The van der Waals surface area contributed by atoms with E-state index in [0.29, 0.717) is 15.9 Å². The van der Waals surface area contributed by atoms with Crippen molar-refractivity contribution in [2.24, 2.45) is 5.10 Å². The van der Waals surface area contributed by atoms with Crippen molar-refractivity contribution < 1.29 is 0 Å². The van der Waals surface area contributed by atoms with Gasteiger partial charge in [-0.3, -0.25) is 5.43 Å². The highest BCUT2D eigenvalue weighted by Gasteiger charge is 2.12. The maximum absolute atomic E-state index is 6.15. The second kappa shape index (κ2) is 7.41. The van der Waals surface area contributed by atoms with Crippen LogP contribution in [0.2, 0.25) is 10.0 Å². The van der Waals surface area contributed by atoms with Crippen LogP contribution in [-0.4, -0.2) is 16.2 Å². The van der Waals surface area contributed by atoms with Gasteiger partial charge in [0.05, 0.1) is 11.6 Å². The van der Waals surface area contributed by atoms with Gasteiger partial charge < -0.3 is 0 Å². The van der Waals surface area contributed by atoms with Crippen molar-refractivity contribution >= 4 is 56.8 Å². The van der Waals surface area contributed by atoms with E-state index in [1.165, 1.54) is 6.33 Å². The van der Waals surface area contributed by atoms with E-state index in [-0.39, 0.29) is 0 Å². The van der Waals surface area contributed by atoms with Crippen LogP contribution in [-0.2, 0) is 0 Å². The summed E-state index contributed by atoms with van der Waals surface area (Å²) >= 11 is 13.7. The van der Waals surface area contributed by atoms with Gasteiger partial charge in [0, 0.05) is 26.6 Å². The number of hydrogen-bond acceptors (Lipinski definition) is 5. The molecule has 0 amide bonds. The van der Waals surface area contributed by atoms with Gasteiger partial charge in [-0.05, 0) is 23.8 Å². The summed E-state index contributed by atoms with van der Waals surface area (Å²) in [5.74, 6) is 0.643. The minimum atomic E-state index is 0.642. The highest BCUT2D eigenvalue weighted by molar-refractivity contribution is 7.17. The van der Waals surface area contributed by atoms with E-state index < -0.39 is 0 Å². The van der Waals surface area contributed by atoms with Crippen LogP contribution in [0.3, 0.4) is 0 Å². The molecule has 7 heteroatoms. The molecule has 26 heavy (non-hydrogen) atoms. The Morgan fingerprint density at radius 3 is 2.62 bits per heavy atom. The SMILES string of the molecule is Clc1ccc(-c2csc3ncnc(N/N=C/c4ccccc4Cl)c23)cc1. The number of hydrogen-bond donors (Lipinski definition) is 1. The quantitative estimate of drug-likeness (QED) is 0.333. The number of nitrogens with one attached hydrogen (secondary N) is 1. The molecule has 4 nitrogen and oxygen atoms in total. The second-order valence-electron chi connectivity index (χ2n) is 5.45. The second-order valence-corrected chi connectivity index (χ2v) is 7.15. The Hall–Kier alpha value is -2.47. The van der Waals surface area contributed by atoms with Crippen LogP contribution in [0, 0.1) is 0 Å². The fraction of sp³-hybridized carbons (Fsp3) is 0. The van der Waals surface area contributed by atoms with E-state index >= 15 is 0 Å². The van der Waals surface area contributed by atoms with Crippen molar-refractivity contribution in [1.82, 2.24) is 9.97 Å². The first kappa shape index (κ1) is 17.0. The number of hydrazone groups is 1. The minimum Gasteiger partial charge on any atom is -0.261 e. The Balaban J connectivity index is 1.70. The fourth-order valence-corrected chi connectivity index (χ4v) is 3.77. The lowest BCUT2D eigenvalue weighted by Gasteiger charge is -2.05. The molecule has 0 aliphatic carbocycles. The fourth-order valence-electron chi connectivity index (χ4n) is 2.54. The van der Waals surface area contributed by atoms with Crippen LogP contribution >= 0.6 is 34.5 Å². The van der Waals surface area contributed by atoms with E-state index in [4.69, 9.17) is 23.2 Å². The van der Waals surface area contributed by atoms with Crippen LogP contribution in [0.15, 0.2) is 65.3 Å². The average Bonchev–Trinajstić information content (AvgIpc) is 3.09. The van der Waals surface area contributed by atoms with Crippen molar-refractivity contribution in [2.45, 2.75) is 0 Å². The van der Waals surface area contributed by atoms with Crippen molar-refractivity contribution in [3.05, 3.63) is 75.8 Å². The molecule has 4 rings (SSSR count). The number of benzene rings is 2. The molecule has 2 aromatic heterocycles. The van der Waals surface area contributed by atoms with Gasteiger partial charge in [0.15, 0.2) is 5.82 Å². The lowest BCUT2D eigenvalue weighted by Crippen LogP contribution is -1.95. The molecule has 128 valence electrons. The summed E-state index contributed by atoms with van der Waals surface area (Å²) in [6, 6.07) is 15.2. The summed E-state index contributed by atoms with van der Waals surface area (Å²) < 4.78 is 0. The molecule has 4 aromatic rings. The van der Waals surface area contributed by atoms with Crippen LogP contribution in [0.25, 0.3) is 21.3 Å². The third-order valence-electron chi connectivity index (χ3n) is 3.80. The summed E-state index contributed by atoms with van der Waals surface area (Å²) in [4.78, 5) is 9.59. The number of fused-ring (bicyclic) bond motifs is 1. The summed E-state index contributed by atoms with van der Waals surface area (Å²) in [7, 11) is 0.